The first-order chi connectivity index (χ1) is 8.47. The van der Waals surface area contributed by atoms with Crippen molar-refractivity contribution < 1.29 is 2.85 Å². The molecular weight excluding hydrogens is 224 g/mol. The summed E-state index contributed by atoms with van der Waals surface area (Å²) in [6, 6.07) is 8.44. The molecule has 1 aromatic carbocycles. The summed E-state index contributed by atoms with van der Waals surface area (Å²) in [5.41, 5.74) is 2.77. The summed E-state index contributed by atoms with van der Waals surface area (Å²) >= 11 is 0. The molecule has 1 heterocycles. The van der Waals surface area contributed by atoms with Crippen molar-refractivity contribution in [3.63, 3.8) is 0 Å². The summed E-state index contributed by atoms with van der Waals surface area (Å²) in [4.78, 5) is 14.9. The van der Waals surface area contributed by atoms with Crippen LogP contribution in [0.25, 0.3) is 10.9 Å². The number of fused-ring (bicyclic) bond motifs is 1. The van der Waals surface area contributed by atoms with E-state index in [0.29, 0.717) is 6.04 Å². The topological polar surface area (TPSA) is 44.9 Å². The summed E-state index contributed by atoms with van der Waals surface area (Å²) in [5.74, 6) is 0.242. The van der Waals surface area contributed by atoms with Crippen LogP contribution in [0, 0.1) is 0 Å². The number of H-pyrrole nitrogens is 1. The predicted octanol–water partition coefficient (Wildman–Crippen LogP) is 3.96. The molecule has 18 heavy (non-hydrogen) atoms. The molecule has 100 valence electrons. The number of nitrogens with one attached hydrogen (secondary N) is 2. The first-order valence-electron chi connectivity index (χ1n) is 6.41. The van der Waals surface area contributed by atoms with Crippen LogP contribution in [-0.4, -0.2) is 11.0 Å². The molecule has 0 aliphatic heterocycles. The Kier molecular flexibility index (Phi) is 3.41. The Bertz CT molecular complexity index is 621. The fourth-order valence-corrected chi connectivity index (χ4v) is 2.07. The summed E-state index contributed by atoms with van der Waals surface area (Å²) in [6.45, 7) is 8.25. The number of rotatable bonds is 3. The SMILES string of the molecule is CC(C)Nc1ccc2cc(C(C)C)c(=O)[nH]c2c1.[HH].[HH]. The van der Waals surface area contributed by atoms with E-state index in [1.165, 1.54) is 0 Å². The molecule has 0 unspecified atom stereocenters. The van der Waals surface area contributed by atoms with Gasteiger partial charge in [0.25, 0.3) is 5.56 Å². The van der Waals surface area contributed by atoms with Crippen LogP contribution in [0.4, 0.5) is 5.69 Å². The van der Waals surface area contributed by atoms with Gasteiger partial charge in [-0.2, -0.15) is 0 Å². The van der Waals surface area contributed by atoms with Crippen LogP contribution >= 0.6 is 0 Å². The minimum absolute atomic E-state index is 0. The largest absolute Gasteiger partial charge is 0.383 e. The molecule has 0 amide bonds. The average molecular weight is 248 g/mol. The van der Waals surface area contributed by atoms with Crippen molar-refractivity contribution in [1.82, 2.24) is 4.98 Å². The summed E-state index contributed by atoms with van der Waals surface area (Å²) < 4.78 is 0. The monoisotopic (exact) mass is 248 g/mol. The van der Waals surface area contributed by atoms with E-state index in [2.05, 4.69) is 24.1 Å². The molecule has 3 nitrogen and oxygen atoms in total. The predicted molar refractivity (Wildman–Crippen MR) is 81.6 cm³/mol. The molecule has 0 spiro atoms. The van der Waals surface area contributed by atoms with Gasteiger partial charge in [0.2, 0.25) is 0 Å². The van der Waals surface area contributed by atoms with Gasteiger partial charge in [-0.15, -0.1) is 0 Å². The average Bonchev–Trinajstić information content (AvgIpc) is 2.26. The number of anilines is 1. The molecule has 0 fully saturated rings. The van der Waals surface area contributed by atoms with Crippen molar-refractivity contribution in [2.45, 2.75) is 39.7 Å². The lowest BCUT2D eigenvalue weighted by molar-refractivity contribution is 0.849. The van der Waals surface area contributed by atoms with Gasteiger partial charge in [-0.3, -0.25) is 4.79 Å². The number of benzene rings is 1. The Labute approximate surface area is 110 Å². The van der Waals surface area contributed by atoms with Crippen LogP contribution in [0.5, 0.6) is 0 Å². The minimum atomic E-state index is 0. The molecule has 0 bridgehead atoms. The Morgan fingerprint density at radius 1 is 1.17 bits per heavy atom. The van der Waals surface area contributed by atoms with E-state index in [9.17, 15) is 4.79 Å². The minimum Gasteiger partial charge on any atom is -0.383 e. The first kappa shape index (κ1) is 12.7. The van der Waals surface area contributed by atoms with Crippen LogP contribution < -0.4 is 10.9 Å². The zero-order valence-corrected chi connectivity index (χ0v) is 11.4. The molecule has 0 saturated heterocycles. The number of hydrogen-bond donors (Lipinski definition) is 2. The maximum absolute atomic E-state index is 11.9. The van der Waals surface area contributed by atoms with Crippen molar-refractivity contribution in [1.29, 1.82) is 0 Å². The molecule has 0 aliphatic carbocycles. The standard InChI is InChI=1S/C15H20N2O.2H2/c1-9(2)13-7-11-5-6-12(16-10(3)4)8-14(11)17-15(13)18;;/h5-10,16H,1-4H3,(H,17,18);2*1H. The highest BCUT2D eigenvalue weighted by Gasteiger charge is 2.07. The van der Waals surface area contributed by atoms with E-state index in [1.54, 1.807) is 0 Å². The lowest BCUT2D eigenvalue weighted by atomic mass is 10.0. The van der Waals surface area contributed by atoms with Crippen LogP contribution in [0.1, 0.15) is 42.0 Å². The number of aromatic nitrogens is 1. The second-order valence-electron chi connectivity index (χ2n) is 5.31. The first-order valence-corrected chi connectivity index (χ1v) is 6.41. The molecule has 2 rings (SSSR count). The van der Waals surface area contributed by atoms with Crippen molar-refractivity contribution in [3.8, 4) is 0 Å². The molecule has 0 atom stereocenters. The van der Waals surface area contributed by atoms with Gasteiger partial charge >= 0.3 is 0 Å². The third-order valence-electron chi connectivity index (χ3n) is 2.95. The fraction of sp³-hybridized carbons (Fsp3) is 0.400. The van der Waals surface area contributed by atoms with E-state index in [0.717, 1.165) is 22.2 Å². The van der Waals surface area contributed by atoms with Gasteiger partial charge in [-0.1, -0.05) is 19.9 Å². The van der Waals surface area contributed by atoms with Gasteiger partial charge in [0.05, 0.1) is 5.52 Å². The van der Waals surface area contributed by atoms with Gasteiger partial charge in [-0.25, -0.2) is 0 Å². The molecule has 0 aliphatic rings. The third-order valence-corrected chi connectivity index (χ3v) is 2.95. The Balaban J connectivity index is 0.00000180. The van der Waals surface area contributed by atoms with Crippen molar-refractivity contribution in [2.24, 2.45) is 0 Å². The van der Waals surface area contributed by atoms with Crippen molar-refractivity contribution >= 4 is 16.6 Å². The summed E-state index contributed by atoms with van der Waals surface area (Å²) in [6.07, 6.45) is 0. The van der Waals surface area contributed by atoms with Crippen LogP contribution in [0.15, 0.2) is 29.1 Å². The van der Waals surface area contributed by atoms with E-state index in [4.69, 9.17) is 0 Å². The quantitative estimate of drug-likeness (QED) is 0.863. The van der Waals surface area contributed by atoms with Gasteiger partial charge in [0, 0.05) is 20.1 Å². The molecule has 3 heteroatoms. The van der Waals surface area contributed by atoms with E-state index in [1.807, 2.05) is 38.1 Å². The highest BCUT2D eigenvalue weighted by Crippen LogP contribution is 2.20. The molecular formula is C15H24N2O. The second-order valence-corrected chi connectivity index (χ2v) is 5.31. The zero-order chi connectivity index (χ0) is 13.3. The molecule has 1 aromatic heterocycles. The maximum atomic E-state index is 11.9. The van der Waals surface area contributed by atoms with Crippen molar-refractivity contribution in [3.05, 3.63) is 40.2 Å². The van der Waals surface area contributed by atoms with E-state index >= 15 is 0 Å². The Morgan fingerprint density at radius 2 is 1.89 bits per heavy atom. The number of hydrogen-bond acceptors (Lipinski definition) is 2. The van der Waals surface area contributed by atoms with Gasteiger partial charge in [0.1, 0.15) is 0 Å². The smallest absolute Gasteiger partial charge is 0.251 e. The number of pyridine rings is 1. The lowest BCUT2D eigenvalue weighted by Crippen LogP contribution is -2.14. The van der Waals surface area contributed by atoms with Crippen LogP contribution in [0.2, 0.25) is 0 Å². The molecule has 0 saturated carbocycles. The van der Waals surface area contributed by atoms with Crippen LogP contribution in [0.3, 0.4) is 0 Å². The zero-order valence-electron chi connectivity index (χ0n) is 11.4. The van der Waals surface area contributed by atoms with Gasteiger partial charge < -0.3 is 10.3 Å². The highest BCUT2D eigenvalue weighted by molar-refractivity contribution is 5.82. The molecule has 2 N–H and O–H groups in total. The fourth-order valence-electron chi connectivity index (χ4n) is 2.07. The highest BCUT2D eigenvalue weighted by atomic mass is 16.1. The van der Waals surface area contributed by atoms with Crippen LogP contribution in [-0.2, 0) is 0 Å². The maximum Gasteiger partial charge on any atom is 0.251 e. The Hall–Kier alpha value is -1.77. The molecule has 0 radical (unpaired) electrons. The third kappa shape index (κ3) is 2.55. The lowest BCUT2D eigenvalue weighted by Gasteiger charge is -2.11. The Morgan fingerprint density at radius 3 is 2.50 bits per heavy atom. The second kappa shape index (κ2) is 4.84. The number of aromatic amines is 1. The molecule has 2 aromatic rings. The summed E-state index contributed by atoms with van der Waals surface area (Å²) in [5, 5.41) is 4.41. The van der Waals surface area contributed by atoms with Gasteiger partial charge in [0.15, 0.2) is 0 Å². The van der Waals surface area contributed by atoms with E-state index < -0.39 is 0 Å². The van der Waals surface area contributed by atoms with Gasteiger partial charge in [-0.05, 0) is 43.4 Å². The summed E-state index contributed by atoms with van der Waals surface area (Å²) in [7, 11) is 0. The van der Waals surface area contributed by atoms with E-state index in [-0.39, 0.29) is 14.3 Å². The van der Waals surface area contributed by atoms with Crippen molar-refractivity contribution in [2.75, 3.05) is 5.32 Å². The normalized spacial score (nSPS) is 11.4.